The van der Waals surface area contributed by atoms with Crippen molar-refractivity contribution in [2.75, 3.05) is 11.9 Å². The van der Waals surface area contributed by atoms with Crippen LogP contribution < -0.4 is 10.6 Å². The first-order valence-electron chi connectivity index (χ1n) is 6.08. The fraction of sp³-hybridized carbons (Fsp3) is 0.462. The average molecular weight is 287 g/mol. The first-order valence-corrected chi connectivity index (χ1v) is 6.84. The number of carbonyl (C=O) groups is 1. The molecule has 0 bridgehead atoms. The monoisotopic (exact) mass is 286 g/mol. The molecule has 1 aliphatic rings. The maximum absolute atomic E-state index is 12.1. The van der Waals surface area contributed by atoms with Crippen LogP contribution in [0, 0.1) is 6.92 Å². The van der Waals surface area contributed by atoms with Gasteiger partial charge in [0.1, 0.15) is 0 Å². The lowest BCUT2D eigenvalue weighted by Crippen LogP contribution is -2.43. The summed E-state index contributed by atoms with van der Waals surface area (Å²) in [6.45, 7) is 2.76. The topological polar surface area (TPSA) is 41.1 Å². The molecule has 5 heteroatoms. The van der Waals surface area contributed by atoms with Crippen molar-refractivity contribution in [2.24, 2.45) is 0 Å². The van der Waals surface area contributed by atoms with Gasteiger partial charge in [0.15, 0.2) is 0 Å². The molecule has 1 aromatic carbocycles. The average Bonchev–Trinajstić information content (AvgIpc) is 2.40. The van der Waals surface area contributed by atoms with Gasteiger partial charge in [-0.3, -0.25) is 4.79 Å². The predicted molar refractivity (Wildman–Crippen MR) is 75.5 cm³/mol. The molecular formula is C13H16Cl2N2O. The lowest BCUT2D eigenvalue weighted by Gasteiger charge is -2.23. The van der Waals surface area contributed by atoms with Gasteiger partial charge in [0.05, 0.1) is 21.8 Å². The molecule has 2 rings (SSSR count). The molecular weight excluding hydrogens is 271 g/mol. The van der Waals surface area contributed by atoms with Gasteiger partial charge >= 0.3 is 0 Å². The molecule has 1 heterocycles. The van der Waals surface area contributed by atoms with E-state index in [1.807, 2.05) is 13.0 Å². The van der Waals surface area contributed by atoms with E-state index in [1.165, 1.54) is 0 Å². The van der Waals surface area contributed by atoms with Crippen LogP contribution in [0.5, 0.6) is 0 Å². The highest BCUT2D eigenvalue weighted by atomic mass is 35.5. The molecule has 1 atom stereocenters. The van der Waals surface area contributed by atoms with Crippen molar-refractivity contribution in [3.63, 3.8) is 0 Å². The van der Waals surface area contributed by atoms with Crippen LogP contribution in [0.1, 0.15) is 24.8 Å². The number of amides is 1. The molecule has 1 amide bonds. The minimum atomic E-state index is -0.147. The van der Waals surface area contributed by atoms with Crippen molar-refractivity contribution in [3.05, 3.63) is 27.7 Å². The lowest BCUT2D eigenvalue weighted by atomic mass is 10.0. The molecule has 0 saturated carbocycles. The van der Waals surface area contributed by atoms with E-state index >= 15 is 0 Å². The number of rotatable bonds is 2. The van der Waals surface area contributed by atoms with Crippen molar-refractivity contribution in [3.8, 4) is 0 Å². The van der Waals surface area contributed by atoms with Gasteiger partial charge in [-0.05, 0) is 37.9 Å². The number of benzene rings is 1. The summed E-state index contributed by atoms with van der Waals surface area (Å²) in [5.74, 6) is -0.0656. The minimum absolute atomic E-state index is 0.0656. The molecule has 2 N–H and O–H groups in total. The Morgan fingerprint density at radius 3 is 2.83 bits per heavy atom. The smallest absolute Gasteiger partial charge is 0.241 e. The molecule has 1 aromatic rings. The molecule has 0 radical (unpaired) electrons. The molecule has 1 saturated heterocycles. The van der Waals surface area contributed by atoms with Gasteiger partial charge in [-0.1, -0.05) is 35.7 Å². The van der Waals surface area contributed by atoms with E-state index in [4.69, 9.17) is 23.2 Å². The van der Waals surface area contributed by atoms with E-state index in [0.717, 1.165) is 31.4 Å². The van der Waals surface area contributed by atoms with Gasteiger partial charge in [-0.2, -0.15) is 0 Å². The third kappa shape index (κ3) is 2.97. The zero-order valence-electron chi connectivity index (χ0n) is 10.2. The number of hydrogen-bond acceptors (Lipinski definition) is 2. The van der Waals surface area contributed by atoms with E-state index < -0.39 is 0 Å². The normalized spacial score (nSPS) is 19.6. The van der Waals surface area contributed by atoms with E-state index in [0.29, 0.717) is 15.7 Å². The lowest BCUT2D eigenvalue weighted by molar-refractivity contribution is -0.118. The molecule has 0 aliphatic carbocycles. The zero-order valence-corrected chi connectivity index (χ0v) is 11.7. The van der Waals surface area contributed by atoms with Crippen molar-refractivity contribution < 1.29 is 4.79 Å². The number of halogens is 2. The zero-order chi connectivity index (χ0) is 13.1. The summed E-state index contributed by atoms with van der Waals surface area (Å²) in [5.41, 5.74) is 1.41. The predicted octanol–water partition coefficient (Wildman–Crippen LogP) is 3.38. The van der Waals surface area contributed by atoms with Crippen molar-refractivity contribution in [1.29, 1.82) is 0 Å². The summed E-state index contributed by atoms with van der Waals surface area (Å²) in [4.78, 5) is 12.1. The molecule has 1 aliphatic heterocycles. The number of nitrogens with one attached hydrogen (secondary N) is 2. The minimum Gasteiger partial charge on any atom is -0.322 e. The molecule has 0 aromatic heterocycles. The second kappa shape index (κ2) is 5.91. The van der Waals surface area contributed by atoms with Crippen molar-refractivity contribution in [2.45, 2.75) is 32.2 Å². The summed E-state index contributed by atoms with van der Waals surface area (Å²) in [5, 5.41) is 6.99. The Hall–Kier alpha value is -0.770. The van der Waals surface area contributed by atoms with Crippen LogP contribution in [0.3, 0.4) is 0 Å². The van der Waals surface area contributed by atoms with Crippen LogP contribution in [0.15, 0.2) is 12.1 Å². The van der Waals surface area contributed by atoms with Crippen LogP contribution >= 0.6 is 23.2 Å². The van der Waals surface area contributed by atoms with Gasteiger partial charge in [-0.15, -0.1) is 0 Å². The maximum atomic E-state index is 12.1. The summed E-state index contributed by atoms with van der Waals surface area (Å²) in [6, 6.07) is 3.43. The fourth-order valence-electron chi connectivity index (χ4n) is 2.06. The summed E-state index contributed by atoms with van der Waals surface area (Å²) >= 11 is 12.2. The molecule has 1 fully saturated rings. The number of hydrogen-bond donors (Lipinski definition) is 2. The fourth-order valence-corrected chi connectivity index (χ4v) is 2.52. The number of anilines is 1. The summed E-state index contributed by atoms with van der Waals surface area (Å²) < 4.78 is 0. The van der Waals surface area contributed by atoms with Crippen molar-refractivity contribution >= 4 is 34.8 Å². The van der Waals surface area contributed by atoms with Crippen molar-refractivity contribution in [1.82, 2.24) is 5.32 Å². The quantitative estimate of drug-likeness (QED) is 0.875. The highest BCUT2D eigenvalue weighted by Crippen LogP contribution is 2.33. The van der Waals surface area contributed by atoms with Crippen LogP contribution in [0.25, 0.3) is 0 Å². The molecule has 3 nitrogen and oxygen atoms in total. The Morgan fingerprint density at radius 1 is 1.39 bits per heavy atom. The number of aryl methyl sites for hydroxylation is 1. The van der Waals surface area contributed by atoms with Gasteiger partial charge in [0.2, 0.25) is 5.91 Å². The highest BCUT2D eigenvalue weighted by Gasteiger charge is 2.22. The van der Waals surface area contributed by atoms with E-state index in [2.05, 4.69) is 10.6 Å². The largest absolute Gasteiger partial charge is 0.322 e. The first kappa shape index (κ1) is 13.7. The number of carbonyl (C=O) groups excluding carboxylic acids is 1. The molecule has 18 heavy (non-hydrogen) atoms. The van der Waals surface area contributed by atoms with Crippen LogP contribution in [0.2, 0.25) is 10.0 Å². The van der Waals surface area contributed by atoms with Crippen LogP contribution in [0.4, 0.5) is 5.69 Å². The van der Waals surface area contributed by atoms with Crippen LogP contribution in [-0.4, -0.2) is 18.5 Å². The third-order valence-corrected chi connectivity index (χ3v) is 3.96. The first-order chi connectivity index (χ1) is 8.59. The van der Waals surface area contributed by atoms with Gasteiger partial charge < -0.3 is 10.6 Å². The Morgan fingerprint density at radius 2 is 2.17 bits per heavy atom. The molecule has 98 valence electrons. The standard InChI is InChI=1S/C13H16Cl2N2O/c1-8-5-6-9(14)12(11(8)15)17-13(18)10-4-2-3-7-16-10/h5-6,10,16H,2-4,7H2,1H3,(H,17,18)/t10-/m0/s1. The highest BCUT2D eigenvalue weighted by molar-refractivity contribution is 6.40. The maximum Gasteiger partial charge on any atom is 0.241 e. The Kier molecular flexibility index (Phi) is 4.49. The number of piperidine rings is 1. The van der Waals surface area contributed by atoms with E-state index in [-0.39, 0.29) is 11.9 Å². The van der Waals surface area contributed by atoms with Gasteiger partial charge in [0, 0.05) is 0 Å². The van der Waals surface area contributed by atoms with E-state index in [1.54, 1.807) is 6.07 Å². The summed E-state index contributed by atoms with van der Waals surface area (Å²) in [7, 11) is 0. The van der Waals surface area contributed by atoms with Crippen LogP contribution in [-0.2, 0) is 4.79 Å². The van der Waals surface area contributed by atoms with Gasteiger partial charge in [0.25, 0.3) is 0 Å². The van der Waals surface area contributed by atoms with Gasteiger partial charge in [-0.25, -0.2) is 0 Å². The Balaban J connectivity index is 2.13. The summed E-state index contributed by atoms with van der Waals surface area (Å²) in [6.07, 6.45) is 3.04. The Labute approximate surface area is 117 Å². The second-order valence-corrected chi connectivity index (χ2v) is 5.33. The van der Waals surface area contributed by atoms with E-state index in [9.17, 15) is 4.79 Å². The molecule has 0 spiro atoms. The Bertz CT molecular complexity index is 457. The SMILES string of the molecule is Cc1ccc(Cl)c(NC(=O)[C@@H]2CCCCN2)c1Cl. The third-order valence-electron chi connectivity index (χ3n) is 3.16. The second-order valence-electron chi connectivity index (χ2n) is 4.55. The molecule has 0 unspecified atom stereocenters.